The molecule has 156 valence electrons. The number of thiophene rings is 1. The molecule has 0 radical (unpaired) electrons. The Morgan fingerprint density at radius 2 is 1.73 bits per heavy atom. The monoisotopic (exact) mass is 444 g/mol. The van der Waals surface area contributed by atoms with E-state index in [0.717, 1.165) is 15.6 Å². The molecule has 1 aromatic heterocycles. The van der Waals surface area contributed by atoms with Crippen molar-refractivity contribution in [1.82, 2.24) is 10.6 Å². The van der Waals surface area contributed by atoms with Crippen LogP contribution in [0.5, 0.6) is 0 Å². The Bertz CT molecular complexity index is 1050. The summed E-state index contributed by atoms with van der Waals surface area (Å²) in [5.41, 5.74) is 5.99. The molecule has 0 aliphatic rings. The third kappa shape index (κ3) is 5.71. The van der Waals surface area contributed by atoms with E-state index in [2.05, 4.69) is 16.0 Å². The van der Waals surface area contributed by atoms with Gasteiger partial charge in [0.15, 0.2) is 0 Å². The van der Waals surface area contributed by atoms with E-state index >= 15 is 0 Å². The van der Waals surface area contributed by atoms with Gasteiger partial charge in [0.25, 0.3) is 0 Å². The first kappa shape index (κ1) is 21.6. The van der Waals surface area contributed by atoms with Crippen LogP contribution in [0.4, 0.5) is 9.80 Å². The second kappa shape index (κ2) is 10.1. The number of carbonyl (C=O) groups is 3. The topological polar surface area (TPSA) is 113 Å². The van der Waals surface area contributed by atoms with Crippen LogP contribution in [0.2, 0.25) is 5.02 Å². The molecule has 3 aromatic rings. The molecule has 2 aromatic carbocycles. The van der Waals surface area contributed by atoms with Gasteiger partial charge in [-0.15, -0.1) is 11.3 Å². The molecule has 0 saturated heterocycles. The lowest BCUT2D eigenvalue weighted by molar-refractivity contribution is -0.123. The highest BCUT2D eigenvalue weighted by Crippen LogP contribution is 2.39. The van der Waals surface area contributed by atoms with Crippen molar-refractivity contribution >= 4 is 55.9 Å². The Morgan fingerprint density at radius 3 is 2.43 bits per heavy atom. The fraction of sp³-hybridized carbons (Fsp3) is 0.190. The summed E-state index contributed by atoms with van der Waals surface area (Å²) in [7, 11) is 0. The van der Waals surface area contributed by atoms with Crippen LogP contribution in [0.1, 0.15) is 12.0 Å². The van der Waals surface area contributed by atoms with Crippen molar-refractivity contribution in [2.45, 2.75) is 18.9 Å². The summed E-state index contributed by atoms with van der Waals surface area (Å²) in [5, 5.41) is 9.86. The third-order valence-corrected chi connectivity index (χ3v) is 5.93. The molecule has 1 unspecified atom stereocenters. The van der Waals surface area contributed by atoms with E-state index < -0.39 is 23.9 Å². The molecule has 0 fully saturated rings. The number of hydrogen-bond donors (Lipinski definition) is 4. The van der Waals surface area contributed by atoms with Crippen molar-refractivity contribution in [2.24, 2.45) is 5.73 Å². The first-order valence-electron chi connectivity index (χ1n) is 9.28. The van der Waals surface area contributed by atoms with Crippen LogP contribution in [-0.2, 0) is 16.0 Å². The third-order valence-electron chi connectivity index (χ3n) is 4.34. The van der Waals surface area contributed by atoms with Gasteiger partial charge in [-0.2, -0.15) is 0 Å². The quantitative estimate of drug-likeness (QED) is 0.427. The summed E-state index contributed by atoms with van der Waals surface area (Å²) in [6, 6.07) is 15.5. The summed E-state index contributed by atoms with van der Waals surface area (Å²) in [6.07, 6.45) is 0.310. The first-order valence-corrected chi connectivity index (χ1v) is 10.5. The molecule has 0 saturated carbocycles. The average Bonchev–Trinajstić information content (AvgIpc) is 3.03. The second-order valence-corrected chi connectivity index (χ2v) is 8.02. The number of anilines is 1. The zero-order chi connectivity index (χ0) is 21.5. The van der Waals surface area contributed by atoms with Crippen molar-refractivity contribution in [2.75, 3.05) is 11.9 Å². The molecule has 7 nitrogen and oxygen atoms in total. The molecule has 3 rings (SSSR count). The number of hydrogen-bond acceptors (Lipinski definition) is 4. The highest BCUT2D eigenvalue weighted by molar-refractivity contribution is 7.23. The van der Waals surface area contributed by atoms with E-state index in [-0.39, 0.29) is 19.4 Å². The summed E-state index contributed by atoms with van der Waals surface area (Å²) < 4.78 is 0.947. The zero-order valence-electron chi connectivity index (χ0n) is 16.0. The van der Waals surface area contributed by atoms with Crippen LogP contribution in [0.15, 0.2) is 54.6 Å². The van der Waals surface area contributed by atoms with Gasteiger partial charge < -0.3 is 16.4 Å². The predicted octanol–water partition coefficient (Wildman–Crippen LogP) is 3.28. The van der Waals surface area contributed by atoms with Gasteiger partial charge in [-0.3, -0.25) is 14.9 Å². The van der Waals surface area contributed by atoms with Crippen LogP contribution in [0, 0.1) is 0 Å². The molecule has 4 amide bonds. The Hall–Kier alpha value is -3.10. The fourth-order valence-electron chi connectivity index (χ4n) is 2.88. The maximum Gasteiger partial charge on any atom is 0.320 e. The Morgan fingerprint density at radius 1 is 1.03 bits per heavy atom. The lowest BCUT2D eigenvalue weighted by atomic mass is 10.1. The molecule has 1 heterocycles. The van der Waals surface area contributed by atoms with Gasteiger partial charge in [-0.05, 0) is 11.6 Å². The Labute approximate surface area is 182 Å². The zero-order valence-corrected chi connectivity index (χ0v) is 17.6. The lowest BCUT2D eigenvalue weighted by Gasteiger charge is -2.19. The van der Waals surface area contributed by atoms with Crippen molar-refractivity contribution in [3.05, 3.63) is 65.2 Å². The SMILES string of the molecule is NC(=O)CCNC(=O)C(Cc1ccccc1)NC(=O)Nc1sc2ccccc2c1Cl. The number of carbonyl (C=O) groups excluding carboxylic acids is 3. The minimum absolute atomic E-state index is 0.0212. The average molecular weight is 445 g/mol. The van der Waals surface area contributed by atoms with E-state index in [0.29, 0.717) is 10.0 Å². The number of halogens is 1. The lowest BCUT2D eigenvalue weighted by Crippen LogP contribution is -2.49. The molecular formula is C21H21ClN4O3S. The molecular weight excluding hydrogens is 424 g/mol. The van der Waals surface area contributed by atoms with Crippen molar-refractivity contribution in [3.8, 4) is 0 Å². The molecule has 0 aliphatic carbocycles. The maximum absolute atomic E-state index is 12.6. The maximum atomic E-state index is 12.6. The highest BCUT2D eigenvalue weighted by atomic mass is 35.5. The molecule has 0 bridgehead atoms. The minimum atomic E-state index is -0.839. The van der Waals surface area contributed by atoms with Gasteiger partial charge in [0.1, 0.15) is 11.0 Å². The van der Waals surface area contributed by atoms with Crippen molar-refractivity contribution < 1.29 is 14.4 Å². The first-order chi connectivity index (χ1) is 14.4. The number of rotatable bonds is 8. The Kier molecular flexibility index (Phi) is 7.26. The number of primary amides is 1. The van der Waals surface area contributed by atoms with E-state index in [1.165, 1.54) is 11.3 Å². The molecule has 5 N–H and O–H groups in total. The van der Waals surface area contributed by atoms with Crippen LogP contribution in [0.25, 0.3) is 10.1 Å². The van der Waals surface area contributed by atoms with Gasteiger partial charge in [-0.1, -0.05) is 60.1 Å². The predicted molar refractivity (Wildman–Crippen MR) is 120 cm³/mol. The normalized spacial score (nSPS) is 11.6. The van der Waals surface area contributed by atoms with Crippen molar-refractivity contribution in [3.63, 3.8) is 0 Å². The number of urea groups is 1. The second-order valence-electron chi connectivity index (χ2n) is 6.59. The molecule has 0 spiro atoms. The molecule has 1 atom stereocenters. The van der Waals surface area contributed by atoms with Gasteiger partial charge in [-0.25, -0.2) is 4.79 Å². The number of amides is 4. The molecule has 0 aliphatic heterocycles. The van der Waals surface area contributed by atoms with Crippen molar-refractivity contribution in [1.29, 1.82) is 0 Å². The van der Waals surface area contributed by atoms with E-state index in [9.17, 15) is 14.4 Å². The number of nitrogens with one attached hydrogen (secondary N) is 3. The summed E-state index contributed by atoms with van der Waals surface area (Å²) in [6.45, 7) is 0.102. The van der Waals surface area contributed by atoms with Crippen LogP contribution < -0.4 is 21.7 Å². The Balaban J connectivity index is 1.70. The van der Waals surface area contributed by atoms with Gasteiger partial charge in [0.2, 0.25) is 11.8 Å². The van der Waals surface area contributed by atoms with Gasteiger partial charge in [0.05, 0.1) is 5.02 Å². The van der Waals surface area contributed by atoms with E-state index in [1.54, 1.807) is 0 Å². The number of nitrogens with two attached hydrogens (primary N) is 1. The summed E-state index contributed by atoms with van der Waals surface area (Å²) in [5.74, 6) is -0.919. The van der Waals surface area contributed by atoms with Gasteiger partial charge in [0, 0.05) is 29.5 Å². The fourth-order valence-corrected chi connectivity index (χ4v) is 4.26. The smallest absolute Gasteiger partial charge is 0.320 e. The van der Waals surface area contributed by atoms with Gasteiger partial charge >= 0.3 is 6.03 Å². The van der Waals surface area contributed by atoms with E-state index in [4.69, 9.17) is 17.3 Å². The van der Waals surface area contributed by atoms with Crippen LogP contribution in [0.3, 0.4) is 0 Å². The minimum Gasteiger partial charge on any atom is -0.370 e. The highest BCUT2D eigenvalue weighted by Gasteiger charge is 2.22. The largest absolute Gasteiger partial charge is 0.370 e. The summed E-state index contributed by atoms with van der Waals surface area (Å²) >= 11 is 7.73. The summed E-state index contributed by atoms with van der Waals surface area (Å²) in [4.78, 5) is 36.1. The van der Waals surface area contributed by atoms with E-state index in [1.807, 2.05) is 54.6 Å². The standard InChI is InChI=1S/C21H21ClN4O3S/c22-18-14-8-4-5-9-16(14)30-20(18)26-21(29)25-15(12-13-6-2-1-3-7-13)19(28)24-11-10-17(23)27/h1-9,15H,10-12H2,(H2,23,27)(H,24,28)(H2,25,26,29). The van der Waals surface area contributed by atoms with Crippen LogP contribution >= 0.6 is 22.9 Å². The number of fused-ring (bicyclic) bond motifs is 1. The van der Waals surface area contributed by atoms with Crippen LogP contribution in [-0.4, -0.2) is 30.4 Å². The number of benzene rings is 2. The molecule has 30 heavy (non-hydrogen) atoms. The molecule has 9 heteroatoms.